The van der Waals surface area contributed by atoms with Crippen molar-refractivity contribution >= 4 is 11.6 Å². The minimum atomic E-state index is 0.284. The van der Waals surface area contributed by atoms with Crippen LogP contribution in [0, 0.1) is 5.41 Å². The third kappa shape index (κ3) is 2.47. The maximum absolute atomic E-state index is 6.35. The standard InChI is InChI=1S/C15H16ClN3/c1-15(2)7-6-11-10(9-15)13(16)19-14(18-11)12-5-3-4-8-17-12/h3-5,8H,6-7,9H2,1-2H3. The fourth-order valence-corrected chi connectivity index (χ4v) is 2.77. The number of rotatable bonds is 1. The van der Waals surface area contributed by atoms with Crippen molar-refractivity contribution in [2.75, 3.05) is 0 Å². The van der Waals surface area contributed by atoms with Crippen LogP contribution in [0.3, 0.4) is 0 Å². The molecule has 0 unspecified atom stereocenters. The average molecular weight is 274 g/mol. The van der Waals surface area contributed by atoms with Crippen LogP contribution in [-0.2, 0) is 12.8 Å². The van der Waals surface area contributed by atoms with E-state index in [0.717, 1.165) is 36.2 Å². The lowest BCUT2D eigenvalue weighted by Crippen LogP contribution is -2.24. The molecule has 0 aliphatic heterocycles. The first-order valence-electron chi connectivity index (χ1n) is 6.52. The molecular weight excluding hydrogens is 258 g/mol. The molecule has 1 aliphatic rings. The summed E-state index contributed by atoms with van der Waals surface area (Å²) in [5.41, 5.74) is 3.25. The van der Waals surface area contributed by atoms with E-state index >= 15 is 0 Å². The van der Waals surface area contributed by atoms with E-state index in [2.05, 4.69) is 28.8 Å². The predicted octanol–water partition coefficient (Wildman–Crippen LogP) is 3.71. The quantitative estimate of drug-likeness (QED) is 0.744. The second kappa shape index (κ2) is 4.57. The lowest BCUT2D eigenvalue weighted by atomic mass is 9.76. The maximum atomic E-state index is 6.35. The zero-order valence-corrected chi connectivity index (χ0v) is 11.9. The molecular formula is C15H16ClN3. The van der Waals surface area contributed by atoms with Gasteiger partial charge in [-0.2, -0.15) is 0 Å². The highest BCUT2D eigenvalue weighted by molar-refractivity contribution is 6.30. The summed E-state index contributed by atoms with van der Waals surface area (Å²) in [6.45, 7) is 4.53. The summed E-state index contributed by atoms with van der Waals surface area (Å²) in [6.07, 6.45) is 4.79. The van der Waals surface area contributed by atoms with E-state index in [1.807, 2.05) is 18.2 Å². The summed E-state index contributed by atoms with van der Waals surface area (Å²) in [6, 6.07) is 5.72. The summed E-state index contributed by atoms with van der Waals surface area (Å²) >= 11 is 6.35. The van der Waals surface area contributed by atoms with Crippen LogP contribution < -0.4 is 0 Å². The van der Waals surface area contributed by atoms with Crippen LogP contribution >= 0.6 is 11.6 Å². The summed E-state index contributed by atoms with van der Waals surface area (Å²) < 4.78 is 0. The number of aryl methyl sites for hydroxylation is 1. The molecule has 2 aromatic rings. The smallest absolute Gasteiger partial charge is 0.179 e. The summed E-state index contributed by atoms with van der Waals surface area (Å²) in [7, 11) is 0. The summed E-state index contributed by atoms with van der Waals surface area (Å²) in [4.78, 5) is 13.3. The zero-order chi connectivity index (χ0) is 13.5. The van der Waals surface area contributed by atoms with Crippen molar-refractivity contribution in [1.29, 1.82) is 0 Å². The van der Waals surface area contributed by atoms with E-state index in [9.17, 15) is 0 Å². The average Bonchev–Trinajstić information content (AvgIpc) is 2.40. The predicted molar refractivity (Wildman–Crippen MR) is 76.1 cm³/mol. The molecule has 0 amide bonds. The number of nitrogens with zero attached hydrogens (tertiary/aromatic N) is 3. The first-order chi connectivity index (χ1) is 9.05. The van der Waals surface area contributed by atoms with Gasteiger partial charge in [-0.15, -0.1) is 0 Å². The Morgan fingerprint density at radius 1 is 1.21 bits per heavy atom. The summed E-state index contributed by atoms with van der Waals surface area (Å²) in [5, 5.41) is 0.582. The minimum Gasteiger partial charge on any atom is -0.253 e. The van der Waals surface area contributed by atoms with E-state index in [0.29, 0.717) is 11.0 Å². The van der Waals surface area contributed by atoms with Gasteiger partial charge in [-0.3, -0.25) is 4.98 Å². The Bertz CT molecular complexity index is 608. The van der Waals surface area contributed by atoms with Crippen molar-refractivity contribution in [1.82, 2.24) is 15.0 Å². The van der Waals surface area contributed by atoms with Gasteiger partial charge in [0, 0.05) is 17.5 Å². The Kier molecular flexibility index (Phi) is 3.02. The van der Waals surface area contributed by atoms with Crippen LogP contribution in [-0.4, -0.2) is 15.0 Å². The van der Waals surface area contributed by atoms with Gasteiger partial charge >= 0.3 is 0 Å². The van der Waals surface area contributed by atoms with E-state index in [1.54, 1.807) is 6.20 Å². The number of hydrogen-bond donors (Lipinski definition) is 0. The molecule has 0 N–H and O–H groups in total. The molecule has 3 rings (SSSR count). The molecule has 0 aromatic carbocycles. The third-order valence-electron chi connectivity index (χ3n) is 3.63. The highest BCUT2D eigenvalue weighted by Gasteiger charge is 2.28. The Morgan fingerprint density at radius 2 is 2.05 bits per heavy atom. The van der Waals surface area contributed by atoms with Gasteiger partial charge in [-0.05, 0) is 36.8 Å². The van der Waals surface area contributed by atoms with Crippen molar-refractivity contribution < 1.29 is 0 Å². The Hall–Kier alpha value is -1.48. The lowest BCUT2D eigenvalue weighted by molar-refractivity contribution is 0.312. The van der Waals surface area contributed by atoms with Crippen LogP contribution in [0.4, 0.5) is 0 Å². The number of pyridine rings is 1. The number of fused-ring (bicyclic) bond motifs is 1. The Labute approximate surface area is 118 Å². The van der Waals surface area contributed by atoms with Gasteiger partial charge in [0.25, 0.3) is 0 Å². The molecule has 0 bridgehead atoms. The lowest BCUT2D eigenvalue weighted by Gasteiger charge is -2.30. The van der Waals surface area contributed by atoms with E-state index in [1.165, 1.54) is 0 Å². The van der Waals surface area contributed by atoms with Crippen LogP contribution in [0.1, 0.15) is 31.5 Å². The molecule has 0 spiro atoms. The van der Waals surface area contributed by atoms with Gasteiger partial charge in [0.15, 0.2) is 5.82 Å². The second-order valence-corrected chi connectivity index (χ2v) is 6.18. The number of aromatic nitrogens is 3. The molecule has 98 valence electrons. The van der Waals surface area contributed by atoms with Gasteiger partial charge in [0.1, 0.15) is 10.8 Å². The fourth-order valence-electron chi connectivity index (χ4n) is 2.51. The fraction of sp³-hybridized carbons (Fsp3) is 0.400. The van der Waals surface area contributed by atoms with Crippen LogP contribution in [0.2, 0.25) is 5.15 Å². The molecule has 1 aliphatic carbocycles. The van der Waals surface area contributed by atoms with E-state index in [4.69, 9.17) is 11.6 Å². The second-order valence-electron chi connectivity index (χ2n) is 5.82. The van der Waals surface area contributed by atoms with E-state index in [-0.39, 0.29) is 5.41 Å². The van der Waals surface area contributed by atoms with Crippen LogP contribution in [0.15, 0.2) is 24.4 Å². The molecule has 3 nitrogen and oxygen atoms in total. The van der Waals surface area contributed by atoms with Crippen LogP contribution in [0.5, 0.6) is 0 Å². The van der Waals surface area contributed by atoms with Crippen molar-refractivity contribution in [2.24, 2.45) is 5.41 Å². The van der Waals surface area contributed by atoms with Crippen LogP contribution in [0.25, 0.3) is 11.5 Å². The molecule has 2 heterocycles. The highest BCUT2D eigenvalue weighted by atomic mass is 35.5. The molecule has 4 heteroatoms. The van der Waals surface area contributed by atoms with Crippen molar-refractivity contribution in [2.45, 2.75) is 33.1 Å². The number of hydrogen-bond acceptors (Lipinski definition) is 3. The first-order valence-corrected chi connectivity index (χ1v) is 6.90. The van der Waals surface area contributed by atoms with Gasteiger partial charge in [-0.1, -0.05) is 31.5 Å². The third-order valence-corrected chi connectivity index (χ3v) is 3.94. The largest absolute Gasteiger partial charge is 0.253 e. The molecule has 0 saturated carbocycles. The minimum absolute atomic E-state index is 0.284. The van der Waals surface area contributed by atoms with Gasteiger partial charge in [0.05, 0.1) is 0 Å². The molecule has 0 radical (unpaired) electrons. The first kappa shape index (κ1) is 12.5. The van der Waals surface area contributed by atoms with Gasteiger partial charge in [0.2, 0.25) is 0 Å². The van der Waals surface area contributed by atoms with Crippen molar-refractivity contribution in [3.8, 4) is 11.5 Å². The van der Waals surface area contributed by atoms with E-state index < -0.39 is 0 Å². The number of halogens is 1. The van der Waals surface area contributed by atoms with Crippen molar-refractivity contribution in [3.05, 3.63) is 40.8 Å². The molecule has 0 atom stereocenters. The monoisotopic (exact) mass is 273 g/mol. The molecule has 19 heavy (non-hydrogen) atoms. The zero-order valence-electron chi connectivity index (χ0n) is 11.2. The van der Waals surface area contributed by atoms with Gasteiger partial charge in [-0.25, -0.2) is 9.97 Å². The topological polar surface area (TPSA) is 38.7 Å². The SMILES string of the molecule is CC1(C)CCc2nc(-c3ccccn3)nc(Cl)c2C1. The molecule has 0 fully saturated rings. The van der Waals surface area contributed by atoms with Gasteiger partial charge < -0.3 is 0 Å². The highest BCUT2D eigenvalue weighted by Crippen LogP contribution is 2.37. The molecule has 0 saturated heterocycles. The maximum Gasteiger partial charge on any atom is 0.179 e. The Balaban J connectivity index is 2.06. The molecule has 2 aromatic heterocycles. The normalized spacial score (nSPS) is 17.0. The Morgan fingerprint density at radius 3 is 2.79 bits per heavy atom. The summed E-state index contributed by atoms with van der Waals surface area (Å²) in [5.74, 6) is 0.629. The van der Waals surface area contributed by atoms with Crippen molar-refractivity contribution in [3.63, 3.8) is 0 Å².